The third-order valence-electron chi connectivity index (χ3n) is 2.10. The first-order valence-electron chi connectivity index (χ1n) is 4.74. The highest BCUT2D eigenvalue weighted by Crippen LogP contribution is 2.15. The van der Waals surface area contributed by atoms with Gasteiger partial charge in [-0.2, -0.15) is 4.37 Å². The first kappa shape index (κ1) is 10.6. The second-order valence-corrected chi connectivity index (χ2v) is 3.83. The fourth-order valence-electron chi connectivity index (χ4n) is 1.29. The van der Waals surface area contributed by atoms with Crippen molar-refractivity contribution in [2.75, 3.05) is 0 Å². The van der Waals surface area contributed by atoms with Crippen molar-refractivity contribution in [2.24, 2.45) is 10.9 Å². The summed E-state index contributed by atoms with van der Waals surface area (Å²) in [6.45, 7) is 1.99. The molecule has 0 aliphatic heterocycles. The smallest absolute Gasteiger partial charge is 0.213 e. The molecule has 2 heterocycles. The molecule has 0 radical (unpaired) electrons. The molecule has 0 atom stereocenters. The Morgan fingerprint density at radius 2 is 2.50 bits per heavy atom. The maximum Gasteiger partial charge on any atom is 0.213 e. The molecule has 7 heteroatoms. The van der Waals surface area contributed by atoms with Gasteiger partial charge in [-0.15, -0.1) is 0 Å². The molecule has 2 aromatic rings. The Morgan fingerprint density at radius 3 is 3.12 bits per heavy atom. The summed E-state index contributed by atoms with van der Waals surface area (Å²) in [7, 11) is 0. The van der Waals surface area contributed by atoms with E-state index in [1.54, 1.807) is 22.9 Å². The van der Waals surface area contributed by atoms with Crippen LogP contribution in [0.4, 0.5) is 0 Å². The van der Waals surface area contributed by atoms with Crippen LogP contribution in [0.2, 0.25) is 0 Å². The molecule has 2 aromatic heterocycles. The number of hydrogen-bond donors (Lipinski definition) is 2. The van der Waals surface area contributed by atoms with Gasteiger partial charge in [0.25, 0.3) is 0 Å². The summed E-state index contributed by atoms with van der Waals surface area (Å²) >= 11 is 1.28. The van der Waals surface area contributed by atoms with Crippen molar-refractivity contribution >= 4 is 17.4 Å². The fraction of sp³-hybridized carbons (Fsp3) is 0.222. The number of oxime groups is 1. The Labute approximate surface area is 96.2 Å². The zero-order valence-corrected chi connectivity index (χ0v) is 9.48. The van der Waals surface area contributed by atoms with Crippen molar-refractivity contribution in [1.82, 2.24) is 13.9 Å². The molecule has 0 fully saturated rings. The van der Waals surface area contributed by atoms with Gasteiger partial charge in [0.1, 0.15) is 5.82 Å². The van der Waals surface area contributed by atoms with E-state index in [1.165, 1.54) is 11.5 Å². The molecular weight excluding hydrogens is 226 g/mol. The van der Waals surface area contributed by atoms with Gasteiger partial charge < -0.3 is 10.9 Å². The van der Waals surface area contributed by atoms with Crippen LogP contribution in [-0.4, -0.2) is 25.0 Å². The second kappa shape index (κ2) is 4.31. The number of nitrogens with zero attached hydrogens (tertiary/aromatic N) is 4. The standard InChI is InChI=1S/C9H11N5OS/c1-2-7-11-9(16-13-7)14-5-3-4-6(14)8(10)12-15/h3-5,15H,2H2,1H3,(H2,10,12). The normalized spacial score (nSPS) is 11.9. The van der Waals surface area contributed by atoms with Gasteiger partial charge >= 0.3 is 0 Å². The second-order valence-electron chi connectivity index (χ2n) is 3.10. The first-order valence-corrected chi connectivity index (χ1v) is 5.51. The van der Waals surface area contributed by atoms with Crippen LogP contribution in [0.5, 0.6) is 0 Å². The maximum absolute atomic E-state index is 8.65. The van der Waals surface area contributed by atoms with Crippen LogP contribution < -0.4 is 5.73 Å². The molecule has 0 aliphatic rings. The van der Waals surface area contributed by atoms with E-state index in [2.05, 4.69) is 14.5 Å². The average Bonchev–Trinajstić information content (AvgIpc) is 2.95. The predicted molar refractivity (Wildman–Crippen MR) is 61.1 cm³/mol. The van der Waals surface area contributed by atoms with Crippen LogP contribution in [0.1, 0.15) is 18.4 Å². The molecule has 0 saturated carbocycles. The van der Waals surface area contributed by atoms with Crippen molar-refractivity contribution < 1.29 is 5.21 Å². The van der Waals surface area contributed by atoms with Gasteiger partial charge in [-0.1, -0.05) is 12.1 Å². The van der Waals surface area contributed by atoms with E-state index in [4.69, 9.17) is 10.9 Å². The van der Waals surface area contributed by atoms with E-state index in [9.17, 15) is 0 Å². The number of nitrogens with two attached hydrogens (primary N) is 1. The Morgan fingerprint density at radius 1 is 1.69 bits per heavy atom. The Bertz CT molecular complexity index is 515. The topological polar surface area (TPSA) is 89.3 Å². The number of aromatic nitrogens is 3. The maximum atomic E-state index is 8.65. The number of rotatable bonds is 3. The lowest BCUT2D eigenvalue weighted by molar-refractivity contribution is 0.318. The third kappa shape index (κ3) is 1.76. The zero-order valence-electron chi connectivity index (χ0n) is 8.66. The van der Waals surface area contributed by atoms with E-state index < -0.39 is 0 Å². The predicted octanol–water partition coefficient (Wildman–Crippen LogP) is 0.986. The van der Waals surface area contributed by atoms with Gasteiger partial charge in [-0.25, -0.2) is 4.98 Å². The summed E-state index contributed by atoms with van der Waals surface area (Å²) in [4.78, 5) is 4.33. The summed E-state index contributed by atoms with van der Waals surface area (Å²) in [5, 5.41) is 12.3. The van der Waals surface area contributed by atoms with Gasteiger partial charge in [0.2, 0.25) is 5.13 Å². The molecule has 0 spiro atoms. The van der Waals surface area contributed by atoms with Gasteiger partial charge in [0.05, 0.1) is 5.69 Å². The molecule has 0 amide bonds. The minimum Gasteiger partial charge on any atom is -0.409 e. The Hall–Kier alpha value is -1.89. The average molecular weight is 237 g/mol. The lowest BCUT2D eigenvalue weighted by Gasteiger charge is -2.02. The summed E-state index contributed by atoms with van der Waals surface area (Å²) in [5.41, 5.74) is 6.15. The molecule has 0 aliphatic carbocycles. The first-order chi connectivity index (χ1) is 7.76. The number of amidine groups is 1. The van der Waals surface area contributed by atoms with Crippen molar-refractivity contribution in [3.63, 3.8) is 0 Å². The van der Waals surface area contributed by atoms with Crippen molar-refractivity contribution in [2.45, 2.75) is 13.3 Å². The van der Waals surface area contributed by atoms with Crippen molar-refractivity contribution in [3.05, 3.63) is 29.8 Å². The summed E-state index contributed by atoms with van der Waals surface area (Å²) in [5.74, 6) is 0.845. The molecule has 0 saturated heterocycles. The fourth-order valence-corrected chi connectivity index (χ4v) is 2.04. The molecule has 3 N–H and O–H groups in total. The highest BCUT2D eigenvalue weighted by molar-refractivity contribution is 7.08. The lowest BCUT2D eigenvalue weighted by Crippen LogP contribution is -2.17. The van der Waals surface area contributed by atoms with Crippen LogP contribution in [-0.2, 0) is 6.42 Å². The molecular formula is C9H11N5OS. The number of hydrogen-bond acceptors (Lipinski definition) is 5. The van der Waals surface area contributed by atoms with Crippen LogP contribution in [0.25, 0.3) is 5.13 Å². The Kier molecular flexibility index (Phi) is 2.86. The molecule has 0 aromatic carbocycles. The van der Waals surface area contributed by atoms with Crippen LogP contribution in [0.3, 0.4) is 0 Å². The van der Waals surface area contributed by atoms with E-state index in [-0.39, 0.29) is 5.84 Å². The molecule has 6 nitrogen and oxygen atoms in total. The highest BCUT2D eigenvalue weighted by atomic mass is 32.1. The molecule has 84 valence electrons. The highest BCUT2D eigenvalue weighted by Gasteiger charge is 2.11. The molecule has 0 unspecified atom stereocenters. The largest absolute Gasteiger partial charge is 0.409 e. The van der Waals surface area contributed by atoms with E-state index >= 15 is 0 Å². The number of aryl methyl sites for hydroxylation is 1. The van der Waals surface area contributed by atoms with Gasteiger partial charge in [0.15, 0.2) is 5.84 Å². The van der Waals surface area contributed by atoms with Crippen molar-refractivity contribution in [1.29, 1.82) is 0 Å². The quantitative estimate of drug-likeness (QED) is 0.360. The minimum atomic E-state index is 0.0539. The van der Waals surface area contributed by atoms with Crippen LogP contribution in [0.15, 0.2) is 23.5 Å². The molecule has 2 rings (SSSR count). The summed E-state index contributed by atoms with van der Waals surface area (Å²) in [6.07, 6.45) is 2.59. The van der Waals surface area contributed by atoms with E-state index in [1.807, 2.05) is 6.92 Å². The monoisotopic (exact) mass is 237 g/mol. The summed E-state index contributed by atoms with van der Waals surface area (Å²) < 4.78 is 5.93. The van der Waals surface area contributed by atoms with Gasteiger partial charge in [0, 0.05) is 24.2 Å². The van der Waals surface area contributed by atoms with E-state index in [0.717, 1.165) is 12.2 Å². The molecule has 0 bridgehead atoms. The van der Waals surface area contributed by atoms with Crippen molar-refractivity contribution in [3.8, 4) is 5.13 Å². The zero-order chi connectivity index (χ0) is 11.5. The minimum absolute atomic E-state index is 0.0539. The van der Waals surface area contributed by atoms with Crippen LogP contribution in [0, 0.1) is 0 Å². The van der Waals surface area contributed by atoms with Crippen LogP contribution >= 0.6 is 11.5 Å². The molecule has 16 heavy (non-hydrogen) atoms. The van der Waals surface area contributed by atoms with Gasteiger partial charge in [-0.3, -0.25) is 4.57 Å². The third-order valence-corrected chi connectivity index (χ3v) is 2.85. The lowest BCUT2D eigenvalue weighted by atomic mass is 10.4. The van der Waals surface area contributed by atoms with Gasteiger partial charge in [-0.05, 0) is 12.1 Å². The van der Waals surface area contributed by atoms with E-state index in [0.29, 0.717) is 10.8 Å². The Balaban J connectivity index is 2.44. The SMILES string of the molecule is CCc1nsc(-n2cccc2/C(N)=N/O)n1. The summed E-state index contributed by atoms with van der Waals surface area (Å²) in [6, 6.07) is 3.56.